The molecule has 0 aromatic rings. The lowest BCUT2D eigenvalue weighted by Gasteiger charge is -2.26. The zero-order chi connectivity index (χ0) is 9.19. The van der Waals surface area contributed by atoms with Crippen LogP contribution in [0.4, 0.5) is 0 Å². The van der Waals surface area contributed by atoms with Gasteiger partial charge in [-0.15, -0.1) is 0 Å². The highest BCUT2D eigenvalue weighted by atomic mass is 32.2. The minimum atomic E-state index is 0.145. The van der Waals surface area contributed by atoms with Gasteiger partial charge < -0.3 is 5.32 Å². The minimum Gasteiger partial charge on any atom is -0.360 e. The van der Waals surface area contributed by atoms with E-state index in [4.69, 9.17) is 0 Å². The standard InChI is InChI=1S/C9H18N2S/c1-7-5-10-8(12-6-7)11-9(2,3)4/h7H,5-6H2,1-4H3,(H,10,11). The number of amidine groups is 1. The van der Waals surface area contributed by atoms with Gasteiger partial charge in [0, 0.05) is 17.8 Å². The van der Waals surface area contributed by atoms with Crippen LogP contribution in [0.15, 0.2) is 4.99 Å². The Hall–Kier alpha value is -0.180. The van der Waals surface area contributed by atoms with Crippen LogP contribution in [-0.2, 0) is 0 Å². The van der Waals surface area contributed by atoms with E-state index < -0.39 is 0 Å². The molecule has 0 aromatic carbocycles. The molecule has 1 heterocycles. The second-order valence-electron chi connectivity index (χ2n) is 4.44. The Morgan fingerprint density at radius 1 is 1.50 bits per heavy atom. The van der Waals surface area contributed by atoms with Crippen molar-refractivity contribution < 1.29 is 0 Å². The van der Waals surface area contributed by atoms with Crippen molar-refractivity contribution in [2.75, 3.05) is 12.3 Å². The van der Waals surface area contributed by atoms with Crippen molar-refractivity contribution in [3.8, 4) is 0 Å². The SMILES string of the molecule is CC1CN=C(NC(C)(C)C)SC1. The number of hydrogen-bond donors (Lipinski definition) is 1. The molecule has 0 fully saturated rings. The molecule has 0 amide bonds. The predicted molar refractivity (Wildman–Crippen MR) is 56.8 cm³/mol. The third-order valence-corrected chi connectivity index (χ3v) is 2.77. The first kappa shape index (κ1) is 9.90. The summed E-state index contributed by atoms with van der Waals surface area (Å²) >= 11 is 1.84. The van der Waals surface area contributed by atoms with E-state index in [0.29, 0.717) is 0 Å². The van der Waals surface area contributed by atoms with Crippen molar-refractivity contribution in [1.29, 1.82) is 0 Å². The summed E-state index contributed by atoms with van der Waals surface area (Å²) in [4.78, 5) is 4.46. The summed E-state index contributed by atoms with van der Waals surface area (Å²) in [5, 5.41) is 4.50. The molecule has 0 aliphatic carbocycles. The van der Waals surface area contributed by atoms with Crippen molar-refractivity contribution >= 4 is 16.9 Å². The quantitative estimate of drug-likeness (QED) is 0.626. The highest BCUT2D eigenvalue weighted by Crippen LogP contribution is 2.17. The Morgan fingerprint density at radius 3 is 2.58 bits per heavy atom. The summed E-state index contributed by atoms with van der Waals surface area (Å²) < 4.78 is 0. The van der Waals surface area contributed by atoms with E-state index in [1.165, 1.54) is 5.75 Å². The molecule has 1 aliphatic heterocycles. The van der Waals surface area contributed by atoms with E-state index in [1.54, 1.807) is 0 Å². The van der Waals surface area contributed by atoms with Crippen LogP contribution in [0.3, 0.4) is 0 Å². The minimum absolute atomic E-state index is 0.145. The van der Waals surface area contributed by atoms with Gasteiger partial charge in [0.05, 0.1) is 0 Å². The van der Waals surface area contributed by atoms with Gasteiger partial charge in [-0.25, -0.2) is 0 Å². The van der Waals surface area contributed by atoms with Crippen LogP contribution in [-0.4, -0.2) is 23.0 Å². The van der Waals surface area contributed by atoms with Gasteiger partial charge in [-0.05, 0) is 26.7 Å². The molecule has 1 aliphatic rings. The number of hydrogen-bond acceptors (Lipinski definition) is 3. The monoisotopic (exact) mass is 186 g/mol. The van der Waals surface area contributed by atoms with Gasteiger partial charge in [-0.3, -0.25) is 4.99 Å². The molecule has 2 nitrogen and oxygen atoms in total. The first-order valence-corrected chi connectivity index (χ1v) is 5.41. The van der Waals surface area contributed by atoms with E-state index in [0.717, 1.165) is 17.6 Å². The van der Waals surface area contributed by atoms with Gasteiger partial charge in [-0.2, -0.15) is 0 Å². The molecular weight excluding hydrogens is 168 g/mol. The fourth-order valence-electron chi connectivity index (χ4n) is 0.955. The normalized spacial score (nSPS) is 25.0. The lowest BCUT2D eigenvalue weighted by Crippen LogP contribution is -2.40. The Bertz CT molecular complexity index is 181. The van der Waals surface area contributed by atoms with Crippen molar-refractivity contribution in [3.63, 3.8) is 0 Å². The van der Waals surface area contributed by atoms with E-state index >= 15 is 0 Å². The highest BCUT2D eigenvalue weighted by Gasteiger charge is 2.16. The number of thioether (sulfide) groups is 1. The van der Waals surface area contributed by atoms with Gasteiger partial charge in [0.2, 0.25) is 0 Å². The van der Waals surface area contributed by atoms with Gasteiger partial charge in [0.1, 0.15) is 0 Å². The zero-order valence-corrected chi connectivity index (χ0v) is 9.16. The molecule has 1 N–H and O–H groups in total. The van der Waals surface area contributed by atoms with Gasteiger partial charge >= 0.3 is 0 Å². The molecule has 3 heteroatoms. The van der Waals surface area contributed by atoms with Crippen molar-refractivity contribution in [3.05, 3.63) is 0 Å². The zero-order valence-electron chi connectivity index (χ0n) is 8.35. The third-order valence-electron chi connectivity index (χ3n) is 1.53. The predicted octanol–water partition coefficient (Wildman–Crippen LogP) is 2.11. The lowest BCUT2D eigenvalue weighted by molar-refractivity contribution is 0.512. The van der Waals surface area contributed by atoms with Crippen LogP contribution >= 0.6 is 11.8 Å². The summed E-state index contributed by atoms with van der Waals surface area (Å²) in [5.41, 5.74) is 0.145. The van der Waals surface area contributed by atoms with Crippen LogP contribution in [0.1, 0.15) is 27.7 Å². The molecule has 0 spiro atoms. The molecule has 0 saturated heterocycles. The number of nitrogens with zero attached hydrogens (tertiary/aromatic N) is 1. The largest absolute Gasteiger partial charge is 0.360 e. The maximum Gasteiger partial charge on any atom is 0.156 e. The highest BCUT2D eigenvalue weighted by molar-refractivity contribution is 8.13. The summed E-state index contributed by atoms with van der Waals surface area (Å²) in [6.07, 6.45) is 0. The molecule has 12 heavy (non-hydrogen) atoms. The average Bonchev–Trinajstić information content (AvgIpc) is 1.91. The van der Waals surface area contributed by atoms with Crippen LogP contribution < -0.4 is 5.32 Å². The Labute approximate surface area is 79.2 Å². The topological polar surface area (TPSA) is 24.4 Å². The van der Waals surface area contributed by atoms with Gasteiger partial charge in [0.25, 0.3) is 0 Å². The average molecular weight is 186 g/mol. The Balaban J connectivity index is 2.44. The lowest BCUT2D eigenvalue weighted by atomic mass is 10.1. The Morgan fingerprint density at radius 2 is 2.17 bits per heavy atom. The number of aliphatic imine (C=N–C) groups is 1. The maximum absolute atomic E-state index is 4.46. The summed E-state index contributed by atoms with van der Waals surface area (Å²) in [7, 11) is 0. The number of nitrogens with one attached hydrogen (secondary N) is 1. The van der Waals surface area contributed by atoms with Gasteiger partial charge in [-0.1, -0.05) is 18.7 Å². The van der Waals surface area contributed by atoms with E-state index in [-0.39, 0.29) is 5.54 Å². The molecule has 0 saturated carbocycles. The second-order valence-corrected chi connectivity index (χ2v) is 5.45. The van der Waals surface area contributed by atoms with Crippen LogP contribution in [0, 0.1) is 5.92 Å². The first-order valence-electron chi connectivity index (χ1n) is 4.43. The third kappa shape index (κ3) is 3.48. The van der Waals surface area contributed by atoms with E-state index in [2.05, 4.69) is 38.0 Å². The van der Waals surface area contributed by atoms with Crippen molar-refractivity contribution in [2.45, 2.75) is 33.2 Å². The van der Waals surface area contributed by atoms with Crippen LogP contribution in [0.5, 0.6) is 0 Å². The van der Waals surface area contributed by atoms with Crippen molar-refractivity contribution in [2.24, 2.45) is 10.9 Å². The van der Waals surface area contributed by atoms with E-state index in [1.807, 2.05) is 11.8 Å². The molecule has 0 aromatic heterocycles. The fourth-order valence-corrected chi connectivity index (χ4v) is 2.05. The molecule has 70 valence electrons. The first-order chi connectivity index (χ1) is 5.47. The smallest absolute Gasteiger partial charge is 0.156 e. The molecular formula is C9H18N2S. The molecule has 1 unspecified atom stereocenters. The number of rotatable bonds is 0. The summed E-state index contributed by atoms with van der Waals surface area (Å²) in [5.74, 6) is 1.93. The summed E-state index contributed by atoms with van der Waals surface area (Å²) in [6.45, 7) is 9.70. The van der Waals surface area contributed by atoms with E-state index in [9.17, 15) is 0 Å². The molecule has 1 rings (SSSR count). The molecule has 1 atom stereocenters. The Kier molecular flexibility index (Phi) is 3.04. The summed E-state index contributed by atoms with van der Waals surface area (Å²) in [6, 6.07) is 0. The fraction of sp³-hybridized carbons (Fsp3) is 0.889. The van der Waals surface area contributed by atoms with Crippen LogP contribution in [0.2, 0.25) is 0 Å². The molecule has 0 bridgehead atoms. The second kappa shape index (κ2) is 3.69. The van der Waals surface area contributed by atoms with Crippen LogP contribution in [0.25, 0.3) is 0 Å². The maximum atomic E-state index is 4.46. The molecule has 0 radical (unpaired) electrons. The van der Waals surface area contributed by atoms with Crippen molar-refractivity contribution in [1.82, 2.24) is 5.32 Å². The van der Waals surface area contributed by atoms with Gasteiger partial charge in [0.15, 0.2) is 5.17 Å².